The van der Waals surface area contributed by atoms with E-state index in [2.05, 4.69) is 10.6 Å². The predicted molar refractivity (Wildman–Crippen MR) is 88.5 cm³/mol. The van der Waals surface area contributed by atoms with E-state index in [-0.39, 0.29) is 5.57 Å². The molecule has 2 aromatic carbocycles. The molecular weight excluding hydrogens is 298 g/mol. The lowest BCUT2D eigenvalue weighted by Gasteiger charge is -2.10. The molecule has 0 fully saturated rings. The molecule has 4 nitrogen and oxygen atoms in total. The van der Waals surface area contributed by atoms with E-state index in [1.165, 1.54) is 0 Å². The van der Waals surface area contributed by atoms with E-state index in [9.17, 15) is 10.1 Å². The van der Waals surface area contributed by atoms with Crippen LogP contribution in [0.2, 0.25) is 5.02 Å². The second-order valence-electron chi connectivity index (χ2n) is 4.54. The van der Waals surface area contributed by atoms with Gasteiger partial charge < -0.3 is 10.6 Å². The van der Waals surface area contributed by atoms with E-state index in [4.69, 9.17) is 11.6 Å². The van der Waals surface area contributed by atoms with Crippen LogP contribution in [0.1, 0.15) is 6.92 Å². The van der Waals surface area contributed by atoms with Crippen LogP contribution in [0.4, 0.5) is 11.4 Å². The van der Waals surface area contributed by atoms with Gasteiger partial charge in [0.1, 0.15) is 11.6 Å². The van der Waals surface area contributed by atoms with E-state index in [0.717, 1.165) is 5.69 Å². The largest absolute Gasteiger partial charge is 0.358 e. The molecule has 5 heteroatoms. The molecule has 0 aromatic heterocycles. The van der Waals surface area contributed by atoms with Crippen LogP contribution in [-0.4, -0.2) is 5.91 Å². The number of anilines is 2. The number of hydrogen-bond donors (Lipinski definition) is 2. The van der Waals surface area contributed by atoms with Crippen molar-refractivity contribution >= 4 is 28.9 Å². The van der Waals surface area contributed by atoms with Crippen LogP contribution in [0, 0.1) is 11.3 Å². The Bertz CT molecular complexity index is 748. The highest BCUT2D eigenvalue weighted by Gasteiger charge is 2.14. The van der Waals surface area contributed by atoms with Gasteiger partial charge in [-0.15, -0.1) is 0 Å². The first-order valence-corrected chi connectivity index (χ1v) is 6.98. The first-order valence-electron chi connectivity index (χ1n) is 6.60. The summed E-state index contributed by atoms with van der Waals surface area (Å²) in [6.45, 7) is 1.68. The maximum Gasteiger partial charge on any atom is 0.268 e. The zero-order chi connectivity index (χ0) is 15.9. The Hall–Kier alpha value is -2.77. The third kappa shape index (κ3) is 3.87. The molecule has 0 radical (unpaired) electrons. The van der Waals surface area contributed by atoms with Crippen molar-refractivity contribution in [3.8, 4) is 6.07 Å². The third-order valence-corrected chi connectivity index (χ3v) is 3.27. The molecular formula is C17H14ClN3O. The summed E-state index contributed by atoms with van der Waals surface area (Å²) < 4.78 is 0. The van der Waals surface area contributed by atoms with Gasteiger partial charge in [-0.05, 0) is 31.2 Å². The summed E-state index contributed by atoms with van der Waals surface area (Å²) >= 11 is 6.00. The lowest BCUT2D eigenvalue weighted by Crippen LogP contribution is -2.17. The minimum atomic E-state index is -0.503. The van der Waals surface area contributed by atoms with Gasteiger partial charge in [0.15, 0.2) is 0 Å². The first kappa shape index (κ1) is 15.6. The Labute approximate surface area is 134 Å². The second kappa shape index (κ2) is 7.30. The summed E-state index contributed by atoms with van der Waals surface area (Å²) in [6.07, 6.45) is 0. The number of rotatable bonds is 4. The smallest absolute Gasteiger partial charge is 0.268 e. The molecule has 22 heavy (non-hydrogen) atoms. The van der Waals surface area contributed by atoms with Gasteiger partial charge >= 0.3 is 0 Å². The standard InChI is InChI=1S/C17H14ClN3O/c1-12(20-13-7-3-2-4-8-13)14(11-19)17(22)21-16-10-6-5-9-15(16)18/h2-10,20H,1H3,(H,21,22). The van der Waals surface area contributed by atoms with Crippen molar-refractivity contribution in [3.63, 3.8) is 0 Å². The predicted octanol–water partition coefficient (Wildman–Crippen LogP) is 4.19. The van der Waals surface area contributed by atoms with Crippen LogP contribution >= 0.6 is 11.6 Å². The number of nitriles is 1. The van der Waals surface area contributed by atoms with Crippen molar-refractivity contribution in [3.05, 3.63) is 70.9 Å². The number of para-hydroxylation sites is 2. The van der Waals surface area contributed by atoms with Crippen LogP contribution in [0.25, 0.3) is 0 Å². The molecule has 0 spiro atoms. The van der Waals surface area contributed by atoms with Gasteiger partial charge in [-0.3, -0.25) is 4.79 Å². The summed E-state index contributed by atoms with van der Waals surface area (Å²) in [7, 11) is 0. The molecule has 0 aliphatic rings. The summed E-state index contributed by atoms with van der Waals surface area (Å²) in [5.74, 6) is -0.503. The number of carbonyl (C=O) groups excluding carboxylic acids is 1. The fourth-order valence-electron chi connectivity index (χ4n) is 1.85. The molecule has 0 atom stereocenters. The van der Waals surface area contributed by atoms with Gasteiger partial charge in [0.2, 0.25) is 0 Å². The van der Waals surface area contributed by atoms with E-state index in [1.54, 1.807) is 31.2 Å². The Morgan fingerprint density at radius 1 is 1.05 bits per heavy atom. The quantitative estimate of drug-likeness (QED) is 0.657. The van der Waals surface area contributed by atoms with Crippen LogP contribution in [0.3, 0.4) is 0 Å². The van der Waals surface area contributed by atoms with Gasteiger partial charge in [-0.2, -0.15) is 5.26 Å². The number of amides is 1. The average molecular weight is 312 g/mol. The summed E-state index contributed by atoms with van der Waals surface area (Å²) in [6, 6.07) is 18.1. The topological polar surface area (TPSA) is 64.9 Å². The van der Waals surface area contributed by atoms with Crippen LogP contribution in [0.15, 0.2) is 65.9 Å². The highest BCUT2D eigenvalue weighted by molar-refractivity contribution is 6.34. The lowest BCUT2D eigenvalue weighted by molar-refractivity contribution is -0.112. The molecule has 0 saturated carbocycles. The zero-order valence-corrected chi connectivity index (χ0v) is 12.7. The number of nitrogens with one attached hydrogen (secondary N) is 2. The van der Waals surface area contributed by atoms with Crippen LogP contribution < -0.4 is 10.6 Å². The van der Waals surface area contributed by atoms with Crippen molar-refractivity contribution < 1.29 is 4.79 Å². The maximum absolute atomic E-state index is 12.2. The van der Waals surface area contributed by atoms with E-state index in [1.807, 2.05) is 36.4 Å². The van der Waals surface area contributed by atoms with Gasteiger partial charge in [0.05, 0.1) is 10.7 Å². The molecule has 2 N–H and O–H groups in total. The fraction of sp³-hybridized carbons (Fsp3) is 0.0588. The number of hydrogen-bond acceptors (Lipinski definition) is 3. The lowest BCUT2D eigenvalue weighted by atomic mass is 10.2. The Balaban J connectivity index is 2.20. The third-order valence-electron chi connectivity index (χ3n) is 2.94. The normalized spacial score (nSPS) is 11.1. The number of nitrogens with zero attached hydrogens (tertiary/aromatic N) is 1. The zero-order valence-electron chi connectivity index (χ0n) is 11.9. The van der Waals surface area contributed by atoms with Crippen LogP contribution in [0.5, 0.6) is 0 Å². The molecule has 0 bridgehead atoms. The Kier molecular flexibility index (Phi) is 5.18. The summed E-state index contributed by atoms with van der Waals surface area (Å²) in [5.41, 5.74) is 1.75. The van der Waals surface area contributed by atoms with Crippen LogP contribution in [-0.2, 0) is 4.79 Å². The molecule has 1 amide bonds. The SMILES string of the molecule is CC(Nc1ccccc1)=C(C#N)C(=O)Nc1ccccc1Cl. The highest BCUT2D eigenvalue weighted by Crippen LogP contribution is 2.21. The van der Waals surface area contributed by atoms with Crippen molar-refractivity contribution in [1.29, 1.82) is 5.26 Å². The highest BCUT2D eigenvalue weighted by atomic mass is 35.5. The summed E-state index contributed by atoms with van der Waals surface area (Å²) in [5, 5.41) is 15.3. The molecule has 0 unspecified atom stereocenters. The van der Waals surface area contributed by atoms with Gasteiger partial charge in [0, 0.05) is 11.4 Å². The number of benzene rings is 2. The average Bonchev–Trinajstić information content (AvgIpc) is 2.51. The molecule has 0 aliphatic carbocycles. The van der Waals surface area contributed by atoms with E-state index in [0.29, 0.717) is 16.4 Å². The van der Waals surface area contributed by atoms with Crippen molar-refractivity contribution in [2.45, 2.75) is 6.92 Å². The minimum Gasteiger partial charge on any atom is -0.358 e. The summed E-state index contributed by atoms with van der Waals surface area (Å²) in [4.78, 5) is 12.2. The molecule has 2 aromatic rings. The van der Waals surface area contributed by atoms with E-state index < -0.39 is 5.91 Å². The maximum atomic E-state index is 12.2. The molecule has 0 heterocycles. The van der Waals surface area contributed by atoms with Crippen molar-refractivity contribution in [2.75, 3.05) is 10.6 Å². The minimum absolute atomic E-state index is 0.00349. The monoisotopic (exact) mass is 311 g/mol. The van der Waals surface area contributed by atoms with Gasteiger partial charge in [-0.1, -0.05) is 41.9 Å². The van der Waals surface area contributed by atoms with Gasteiger partial charge in [0.25, 0.3) is 5.91 Å². The molecule has 2 rings (SSSR count). The second-order valence-corrected chi connectivity index (χ2v) is 4.94. The first-order chi connectivity index (χ1) is 10.6. The Morgan fingerprint density at radius 3 is 2.32 bits per heavy atom. The van der Waals surface area contributed by atoms with E-state index >= 15 is 0 Å². The molecule has 0 saturated heterocycles. The van der Waals surface area contributed by atoms with Crippen molar-refractivity contribution in [2.24, 2.45) is 0 Å². The number of halogens is 1. The number of allylic oxidation sites excluding steroid dienone is 1. The number of carbonyl (C=O) groups is 1. The Morgan fingerprint density at radius 2 is 1.68 bits per heavy atom. The fourth-order valence-corrected chi connectivity index (χ4v) is 2.04. The van der Waals surface area contributed by atoms with Crippen molar-refractivity contribution in [1.82, 2.24) is 0 Å². The molecule has 110 valence electrons. The molecule has 0 aliphatic heterocycles. The van der Waals surface area contributed by atoms with Gasteiger partial charge in [-0.25, -0.2) is 0 Å².